The van der Waals surface area contributed by atoms with Crippen LogP contribution in [0.4, 0.5) is 0 Å². The monoisotopic (exact) mass is 316 g/mol. The van der Waals surface area contributed by atoms with Crippen molar-refractivity contribution >= 4 is 11.8 Å². The SMILES string of the molecule is COc1ccccc1[C@H](C)SCc1nnc(-c2ccco2)o1. The number of ether oxygens (including phenoxy) is 1. The molecule has 0 N–H and O–H groups in total. The molecular weight excluding hydrogens is 300 g/mol. The van der Waals surface area contributed by atoms with Crippen LogP contribution < -0.4 is 4.74 Å². The average Bonchev–Trinajstić information content (AvgIpc) is 3.23. The first-order valence-corrected chi connectivity index (χ1v) is 7.93. The van der Waals surface area contributed by atoms with Crippen LogP contribution in [0.3, 0.4) is 0 Å². The molecule has 0 radical (unpaired) electrons. The van der Waals surface area contributed by atoms with Gasteiger partial charge in [-0.2, -0.15) is 0 Å². The lowest BCUT2D eigenvalue weighted by atomic mass is 10.1. The Kier molecular flexibility index (Phi) is 4.48. The fourth-order valence-corrected chi connectivity index (χ4v) is 2.98. The van der Waals surface area contributed by atoms with Gasteiger partial charge in [0, 0.05) is 10.8 Å². The molecule has 22 heavy (non-hydrogen) atoms. The van der Waals surface area contributed by atoms with E-state index in [2.05, 4.69) is 23.2 Å². The van der Waals surface area contributed by atoms with E-state index < -0.39 is 0 Å². The third-order valence-corrected chi connectivity index (χ3v) is 4.40. The molecule has 0 saturated heterocycles. The smallest absolute Gasteiger partial charge is 0.283 e. The first-order valence-electron chi connectivity index (χ1n) is 6.88. The standard InChI is InChI=1S/C16H16N2O3S/c1-11(12-6-3-4-7-13(12)19-2)22-10-15-17-18-16(21-15)14-8-5-9-20-14/h3-9,11H,10H2,1-2H3/t11-/m0/s1. The summed E-state index contributed by atoms with van der Waals surface area (Å²) in [5, 5.41) is 8.31. The molecule has 0 bridgehead atoms. The van der Waals surface area contributed by atoms with Crippen LogP contribution >= 0.6 is 11.8 Å². The minimum absolute atomic E-state index is 0.259. The zero-order valence-electron chi connectivity index (χ0n) is 12.4. The Morgan fingerprint density at radius 1 is 1.18 bits per heavy atom. The molecule has 3 aromatic rings. The van der Waals surface area contributed by atoms with Crippen LogP contribution in [0.15, 0.2) is 51.5 Å². The van der Waals surface area contributed by atoms with E-state index in [1.807, 2.05) is 18.2 Å². The summed E-state index contributed by atoms with van der Waals surface area (Å²) < 4.78 is 16.2. The number of methoxy groups -OCH3 is 1. The second-order valence-electron chi connectivity index (χ2n) is 4.67. The molecule has 2 heterocycles. The van der Waals surface area contributed by atoms with Gasteiger partial charge >= 0.3 is 0 Å². The molecule has 3 rings (SSSR count). The van der Waals surface area contributed by atoms with Crippen molar-refractivity contribution in [3.05, 3.63) is 54.1 Å². The van der Waals surface area contributed by atoms with Crippen LogP contribution in [0, 0.1) is 0 Å². The van der Waals surface area contributed by atoms with Crippen LogP contribution in [-0.2, 0) is 5.75 Å². The highest BCUT2D eigenvalue weighted by Gasteiger charge is 2.15. The number of nitrogens with zero attached hydrogens (tertiary/aromatic N) is 2. The molecule has 0 unspecified atom stereocenters. The Balaban J connectivity index is 1.65. The lowest BCUT2D eigenvalue weighted by Crippen LogP contribution is -1.95. The normalized spacial score (nSPS) is 12.3. The molecule has 0 aliphatic carbocycles. The number of thioether (sulfide) groups is 1. The molecule has 6 heteroatoms. The number of hydrogen-bond acceptors (Lipinski definition) is 6. The maximum absolute atomic E-state index is 5.60. The Labute approximate surface area is 132 Å². The number of furan rings is 1. The quantitative estimate of drug-likeness (QED) is 0.674. The van der Waals surface area contributed by atoms with Crippen LogP contribution in [0.2, 0.25) is 0 Å². The number of para-hydroxylation sites is 1. The minimum atomic E-state index is 0.259. The molecule has 0 fully saturated rings. The molecule has 5 nitrogen and oxygen atoms in total. The topological polar surface area (TPSA) is 61.3 Å². The van der Waals surface area contributed by atoms with E-state index in [0.29, 0.717) is 23.3 Å². The van der Waals surface area contributed by atoms with Gasteiger partial charge in [0.05, 0.1) is 19.1 Å². The summed E-state index contributed by atoms with van der Waals surface area (Å²) in [6.45, 7) is 2.13. The van der Waals surface area contributed by atoms with Crippen LogP contribution in [0.5, 0.6) is 5.75 Å². The van der Waals surface area contributed by atoms with E-state index in [-0.39, 0.29) is 5.25 Å². The largest absolute Gasteiger partial charge is 0.496 e. The fraction of sp³-hybridized carbons (Fsp3) is 0.250. The highest BCUT2D eigenvalue weighted by Crippen LogP contribution is 2.36. The Morgan fingerprint density at radius 2 is 2.05 bits per heavy atom. The van der Waals surface area contributed by atoms with E-state index in [1.54, 1.807) is 37.3 Å². The number of aromatic nitrogens is 2. The summed E-state index contributed by atoms with van der Waals surface area (Å²) in [4.78, 5) is 0. The van der Waals surface area contributed by atoms with Gasteiger partial charge in [-0.3, -0.25) is 0 Å². The molecule has 2 aromatic heterocycles. The van der Waals surface area contributed by atoms with Crippen molar-refractivity contribution in [1.29, 1.82) is 0 Å². The fourth-order valence-electron chi connectivity index (χ4n) is 2.10. The molecule has 1 aromatic carbocycles. The van der Waals surface area contributed by atoms with Gasteiger partial charge < -0.3 is 13.6 Å². The van der Waals surface area contributed by atoms with Gasteiger partial charge in [-0.05, 0) is 25.1 Å². The van der Waals surface area contributed by atoms with Gasteiger partial charge in [0.2, 0.25) is 5.89 Å². The van der Waals surface area contributed by atoms with E-state index in [4.69, 9.17) is 13.6 Å². The lowest BCUT2D eigenvalue weighted by molar-refractivity contribution is 0.410. The van der Waals surface area contributed by atoms with E-state index in [9.17, 15) is 0 Å². The Hall–Kier alpha value is -2.21. The molecule has 0 aliphatic rings. The number of benzene rings is 1. The van der Waals surface area contributed by atoms with Gasteiger partial charge in [0.15, 0.2) is 5.76 Å². The second-order valence-corrected chi connectivity index (χ2v) is 6.00. The third-order valence-electron chi connectivity index (χ3n) is 3.23. The van der Waals surface area contributed by atoms with Crippen molar-refractivity contribution in [1.82, 2.24) is 10.2 Å². The van der Waals surface area contributed by atoms with Crippen molar-refractivity contribution in [3.63, 3.8) is 0 Å². The molecule has 0 amide bonds. The predicted octanol–water partition coefficient (Wildman–Crippen LogP) is 4.33. The summed E-state index contributed by atoms with van der Waals surface area (Å²) in [6.07, 6.45) is 1.58. The molecule has 1 atom stereocenters. The lowest BCUT2D eigenvalue weighted by Gasteiger charge is -2.14. The Bertz CT molecular complexity index is 725. The summed E-state index contributed by atoms with van der Waals surface area (Å²) in [7, 11) is 1.68. The van der Waals surface area contributed by atoms with Gasteiger partial charge in [-0.25, -0.2) is 0 Å². The first-order chi connectivity index (χ1) is 10.8. The van der Waals surface area contributed by atoms with Crippen molar-refractivity contribution in [2.45, 2.75) is 17.9 Å². The highest BCUT2D eigenvalue weighted by molar-refractivity contribution is 7.98. The molecule has 0 spiro atoms. The highest BCUT2D eigenvalue weighted by atomic mass is 32.2. The van der Waals surface area contributed by atoms with E-state index >= 15 is 0 Å². The van der Waals surface area contributed by atoms with Crippen LogP contribution in [0.1, 0.15) is 23.6 Å². The first kappa shape index (κ1) is 14.7. The summed E-state index contributed by atoms with van der Waals surface area (Å²) >= 11 is 1.72. The van der Waals surface area contributed by atoms with Gasteiger partial charge in [0.1, 0.15) is 5.75 Å². The van der Waals surface area contributed by atoms with E-state index in [1.165, 1.54) is 0 Å². The second kappa shape index (κ2) is 6.70. The number of hydrogen-bond donors (Lipinski definition) is 0. The summed E-state index contributed by atoms with van der Waals surface area (Å²) in [5.41, 5.74) is 1.15. The average molecular weight is 316 g/mol. The van der Waals surface area contributed by atoms with Gasteiger partial charge in [-0.15, -0.1) is 22.0 Å². The van der Waals surface area contributed by atoms with Crippen molar-refractivity contribution in [2.75, 3.05) is 7.11 Å². The van der Waals surface area contributed by atoms with Crippen molar-refractivity contribution in [3.8, 4) is 17.4 Å². The van der Waals surface area contributed by atoms with Crippen molar-refractivity contribution in [2.24, 2.45) is 0 Å². The zero-order chi connectivity index (χ0) is 15.4. The van der Waals surface area contributed by atoms with Crippen LogP contribution in [-0.4, -0.2) is 17.3 Å². The van der Waals surface area contributed by atoms with Gasteiger partial charge in [-0.1, -0.05) is 18.2 Å². The molecule has 114 valence electrons. The van der Waals surface area contributed by atoms with Crippen molar-refractivity contribution < 1.29 is 13.6 Å². The maximum Gasteiger partial charge on any atom is 0.283 e. The molecular formula is C16H16N2O3S. The Morgan fingerprint density at radius 3 is 2.82 bits per heavy atom. The predicted molar refractivity (Wildman–Crippen MR) is 84.7 cm³/mol. The number of rotatable bonds is 6. The summed E-state index contributed by atoms with van der Waals surface area (Å²) in [6, 6.07) is 11.6. The summed E-state index contributed by atoms with van der Waals surface area (Å²) in [5.74, 6) is 3.10. The van der Waals surface area contributed by atoms with E-state index in [0.717, 1.165) is 11.3 Å². The zero-order valence-corrected chi connectivity index (χ0v) is 13.2. The van der Waals surface area contributed by atoms with Gasteiger partial charge in [0.25, 0.3) is 5.89 Å². The minimum Gasteiger partial charge on any atom is -0.496 e. The molecule has 0 saturated carbocycles. The van der Waals surface area contributed by atoms with Crippen LogP contribution in [0.25, 0.3) is 11.7 Å². The molecule has 0 aliphatic heterocycles. The maximum atomic E-state index is 5.60. The third kappa shape index (κ3) is 3.17.